The van der Waals surface area contributed by atoms with Gasteiger partial charge in [-0.2, -0.15) is 0 Å². The first-order valence-corrected chi connectivity index (χ1v) is 10.3. The van der Waals surface area contributed by atoms with Crippen molar-refractivity contribution in [1.29, 1.82) is 0 Å². The molecular formula is C11H19ClN2O4S3. The van der Waals surface area contributed by atoms with Gasteiger partial charge in [-0.3, -0.25) is 0 Å². The van der Waals surface area contributed by atoms with Gasteiger partial charge < -0.3 is 5.32 Å². The third kappa shape index (κ3) is 4.17. The second-order valence-corrected chi connectivity index (χ2v) is 10.5. The summed E-state index contributed by atoms with van der Waals surface area (Å²) in [6.07, 6.45) is 0.447. The number of nitrogens with two attached hydrogens (primary N) is 1. The van der Waals surface area contributed by atoms with Crippen molar-refractivity contribution >= 4 is 43.6 Å². The summed E-state index contributed by atoms with van der Waals surface area (Å²) in [6, 6.07) is 1.26. The third-order valence-corrected chi connectivity index (χ3v) is 8.04. The Kier molecular flexibility index (Phi) is 5.85. The molecule has 0 saturated carbocycles. The van der Waals surface area contributed by atoms with Gasteiger partial charge in [0.25, 0.3) is 0 Å². The molecule has 2 heterocycles. The first-order valence-electron chi connectivity index (χ1n) is 6.24. The maximum Gasteiger partial charge on any atom is 0.247 e. The molecule has 1 aliphatic rings. The molecule has 0 aliphatic carbocycles. The fourth-order valence-corrected chi connectivity index (χ4v) is 6.27. The van der Waals surface area contributed by atoms with E-state index in [0.29, 0.717) is 17.9 Å². The average molecular weight is 375 g/mol. The van der Waals surface area contributed by atoms with Crippen LogP contribution >= 0.6 is 23.7 Å². The van der Waals surface area contributed by atoms with Crippen molar-refractivity contribution in [1.82, 2.24) is 5.32 Å². The summed E-state index contributed by atoms with van der Waals surface area (Å²) in [4.78, 5) is 0. The van der Waals surface area contributed by atoms with Crippen LogP contribution in [0.3, 0.4) is 0 Å². The van der Waals surface area contributed by atoms with Crippen LogP contribution in [0.25, 0.3) is 0 Å². The highest BCUT2D eigenvalue weighted by Gasteiger charge is 2.34. The van der Waals surface area contributed by atoms with Crippen molar-refractivity contribution < 1.29 is 16.8 Å². The Morgan fingerprint density at radius 2 is 2.10 bits per heavy atom. The summed E-state index contributed by atoms with van der Waals surface area (Å²) < 4.78 is 46.9. The van der Waals surface area contributed by atoms with Crippen LogP contribution in [0.15, 0.2) is 14.5 Å². The van der Waals surface area contributed by atoms with Crippen molar-refractivity contribution in [3.8, 4) is 0 Å². The van der Waals surface area contributed by atoms with Crippen LogP contribution in [0.1, 0.15) is 31.9 Å². The summed E-state index contributed by atoms with van der Waals surface area (Å²) in [5, 5.41) is 8.38. The number of primary sulfonamides is 1. The maximum absolute atomic E-state index is 12.0. The minimum Gasteiger partial charge on any atom is -0.310 e. The van der Waals surface area contributed by atoms with Crippen molar-refractivity contribution in [2.75, 3.05) is 12.3 Å². The van der Waals surface area contributed by atoms with E-state index in [1.54, 1.807) is 0 Å². The van der Waals surface area contributed by atoms with E-state index in [-0.39, 0.29) is 32.6 Å². The predicted molar refractivity (Wildman–Crippen MR) is 85.2 cm³/mol. The minimum absolute atomic E-state index is 0. The summed E-state index contributed by atoms with van der Waals surface area (Å²) in [5.41, 5.74) is 0.533. The normalized spacial score (nSPS) is 20.9. The van der Waals surface area contributed by atoms with Crippen LogP contribution in [-0.4, -0.2) is 29.1 Å². The highest BCUT2D eigenvalue weighted by molar-refractivity contribution is 7.95. The topological polar surface area (TPSA) is 106 Å². The molecule has 0 amide bonds. The van der Waals surface area contributed by atoms with Gasteiger partial charge in [-0.1, -0.05) is 13.8 Å². The molecule has 0 bridgehead atoms. The van der Waals surface area contributed by atoms with Gasteiger partial charge in [0, 0.05) is 11.6 Å². The lowest BCUT2D eigenvalue weighted by atomic mass is 10.1. The second-order valence-electron chi connectivity index (χ2n) is 5.32. The second kappa shape index (κ2) is 6.51. The van der Waals surface area contributed by atoms with Crippen LogP contribution in [0, 0.1) is 5.92 Å². The molecule has 21 heavy (non-hydrogen) atoms. The Hall–Kier alpha value is -0.190. The van der Waals surface area contributed by atoms with Gasteiger partial charge in [0.1, 0.15) is 8.42 Å². The van der Waals surface area contributed by atoms with E-state index in [2.05, 4.69) is 19.2 Å². The SMILES string of the molecule is CC(C)CN[C@@H]1CCS(=O)(=O)c2sc(S(N)(=O)=O)cc21.Cl. The molecule has 0 fully saturated rings. The number of halogens is 1. The van der Waals surface area contributed by atoms with Gasteiger partial charge in [-0.25, -0.2) is 22.0 Å². The Morgan fingerprint density at radius 1 is 1.48 bits per heavy atom. The van der Waals surface area contributed by atoms with Gasteiger partial charge in [0.15, 0.2) is 9.84 Å². The van der Waals surface area contributed by atoms with Crippen LogP contribution in [0.4, 0.5) is 0 Å². The van der Waals surface area contributed by atoms with Gasteiger partial charge in [0.05, 0.1) is 5.75 Å². The van der Waals surface area contributed by atoms with Crippen LogP contribution < -0.4 is 10.5 Å². The molecule has 3 N–H and O–H groups in total. The van der Waals surface area contributed by atoms with E-state index in [1.807, 2.05) is 0 Å². The molecule has 2 rings (SSSR count). The molecule has 0 unspecified atom stereocenters. The Morgan fingerprint density at radius 3 is 2.62 bits per heavy atom. The number of thiophene rings is 1. The molecule has 6 nitrogen and oxygen atoms in total. The average Bonchev–Trinajstić information content (AvgIpc) is 2.73. The molecular weight excluding hydrogens is 356 g/mol. The molecule has 0 saturated heterocycles. The van der Waals surface area contributed by atoms with Crippen LogP contribution in [0.5, 0.6) is 0 Å². The van der Waals surface area contributed by atoms with Gasteiger partial charge in [-0.15, -0.1) is 23.7 Å². The molecule has 1 aromatic heterocycles. The largest absolute Gasteiger partial charge is 0.310 e. The number of sulfone groups is 1. The molecule has 0 aromatic carbocycles. The Bertz CT molecular complexity index is 710. The lowest BCUT2D eigenvalue weighted by molar-refractivity contribution is 0.453. The number of sulfonamides is 1. The first-order chi connectivity index (χ1) is 9.11. The van der Waals surface area contributed by atoms with Crippen molar-refractivity contribution in [3.05, 3.63) is 11.6 Å². The monoisotopic (exact) mass is 374 g/mol. The van der Waals surface area contributed by atoms with Crippen molar-refractivity contribution in [2.24, 2.45) is 11.1 Å². The van der Waals surface area contributed by atoms with E-state index in [0.717, 1.165) is 17.9 Å². The van der Waals surface area contributed by atoms with E-state index < -0.39 is 19.9 Å². The van der Waals surface area contributed by atoms with E-state index in [9.17, 15) is 16.8 Å². The number of hydrogen-bond donors (Lipinski definition) is 2. The molecule has 1 atom stereocenters. The summed E-state index contributed by atoms with van der Waals surface area (Å²) >= 11 is 0.746. The van der Waals surface area contributed by atoms with Crippen LogP contribution in [-0.2, 0) is 19.9 Å². The molecule has 122 valence electrons. The highest BCUT2D eigenvalue weighted by atomic mass is 35.5. The quantitative estimate of drug-likeness (QED) is 0.825. The summed E-state index contributed by atoms with van der Waals surface area (Å²) in [7, 11) is -7.27. The third-order valence-electron chi connectivity index (χ3n) is 3.09. The molecule has 0 radical (unpaired) electrons. The lowest BCUT2D eigenvalue weighted by Crippen LogP contribution is -2.30. The lowest BCUT2D eigenvalue weighted by Gasteiger charge is -2.24. The van der Waals surface area contributed by atoms with E-state index in [4.69, 9.17) is 5.14 Å². The zero-order valence-corrected chi connectivity index (χ0v) is 15.0. The first kappa shape index (κ1) is 18.9. The van der Waals surface area contributed by atoms with Crippen molar-refractivity contribution in [3.63, 3.8) is 0 Å². The smallest absolute Gasteiger partial charge is 0.247 e. The number of hydrogen-bond acceptors (Lipinski definition) is 6. The standard InChI is InChI=1S/C11H18N2O4S3.ClH/c1-7(2)6-13-9-3-4-19(14,15)11-8(9)5-10(18-11)20(12,16)17;/h5,7,9,13H,3-4,6H2,1-2H3,(H2,12,16,17);1H/t9-;/m1./s1. The number of rotatable bonds is 4. The fraction of sp³-hybridized carbons (Fsp3) is 0.636. The van der Waals surface area contributed by atoms with Crippen molar-refractivity contribution in [2.45, 2.75) is 34.7 Å². The van der Waals surface area contributed by atoms with Gasteiger partial charge in [0.2, 0.25) is 10.0 Å². The minimum atomic E-state index is -3.88. The van der Waals surface area contributed by atoms with E-state index in [1.165, 1.54) is 6.07 Å². The Labute approximate surface area is 135 Å². The van der Waals surface area contributed by atoms with Gasteiger partial charge in [-0.05, 0) is 24.9 Å². The zero-order chi connectivity index (χ0) is 15.1. The fourth-order valence-electron chi connectivity index (χ4n) is 2.10. The predicted octanol–water partition coefficient (Wildman–Crippen LogP) is 1.28. The molecule has 0 spiro atoms. The summed E-state index contributed by atoms with van der Waals surface area (Å²) in [5.74, 6) is 0.452. The zero-order valence-electron chi connectivity index (χ0n) is 11.7. The number of nitrogens with one attached hydrogen (secondary N) is 1. The van der Waals surface area contributed by atoms with E-state index >= 15 is 0 Å². The summed E-state index contributed by atoms with van der Waals surface area (Å²) in [6.45, 7) is 4.85. The molecule has 1 aromatic rings. The molecule has 1 aliphatic heterocycles. The Balaban J connectivity index is 0.00000220. The maximum atomic E-state index is 12.0. The van der Waals surface area contributed by atoms with Gasteiger partial charge >= 0.3 is 0 Å². The number of fused-ring (bicyclic) bond motifs is 1. The molecule has 10 heteroatoms. The van der Waals surface area contributed by atoms with Crippen LogP contribution in [0.2, 0.25) is 0 Å². The highest BCUT2D eigenvalue weighted by Crippen LogP contribution is 2.39.